The van der Waals surface area contributed by atoms with Crippen LogP contribution in [0.25, 0.3) is 0 Å². The van der Waals surface area contributed by atoms with Crippen molar-refractivity contribution in [1.82, 2.24) is 9.78 Å². The Hall–Kier alpha value is -1.03. The summed E-state index contributed by atoms with van der Waals surface area (Å²) >= 11 is 6.13. The summed E-state index contributed by atoms with van der Waals surface area (Å²) in [5.41, 5.74) is 0.812. The average Bonchev–Trinajstić information content (AvgIpc) is 2.37. The van der Waals surface area contributed by atoms with Crippen LogP contribution in [0.5, 0.6) is 0 Å². The fourth-order valence-electron chi connectivity index (χ4n) is 2.32. The SMILES string of the molecule is CCCCn1ncc(NCC2(C)CCC2)c(Cl)c1=O. The molecule has 5 heteroatoms. The van der Waals surface area contributed by atoms with E-state index >= 15 is 0 Å². The molecule has 1 aromatic rings. The van der Waals surface area contributed by atoms with Crippen LogP contribution in [0.15, 0.2) is 11.0 Å². The molecular weight excluding hydrogens is 262 g/mol. The number of nitrogens with one attached hydrogen (secondary N) is 1. The van der Waals surface area contributed by atoms with E-state index in [0.29, 0.717) is 17.6 Å². The lowest BCUT2D eigenvalue weighted by molar-refractivity contribution is 0.180. The number of nitrogens with zero attached hydrogens (tertiary/aromatic N) is 2. The molecule has 1 aromatic heterocycles. The van der Waals surface area contributed by atoms with Crippen LogP contribution in [0, 0.1) is 5.41 Å². The quantitative estimate of drug-likeness (QED) is 0.871. The number of hydrogen-bond donors (Lipinski definition) is 1. The zero-order valence-electron chi connectivity index (χ0n) is 11.7. The molecule has 0 aliphatic heterocycles. The Labute approximate surface area is 119 Å². The van der Waals surface area contributed by atoms with Gasteiger partial charge in [0, 0.05) is 13.1 Å². The predicted molar refractivity (Wildman–Crippen MR) is 78.9 cm³/mol. The minimum atomic E-state index is -0.195. The lowest BCUT2D eigenvalue weighted by Gasteiger charge is -2.38. The molecule has 1 saturated carbocycles. The van der Waals surface area contributed by atoms with E-state index in [1.807, 2.05) is 0 Å². The van der Waals surface area contributed by atoms with E-state index in [-0.39, 0.29) is 10.6 Å². The molecule has 0 bridgehead atoms. The van der Waals surface area contributed by atoms with Crippen molar-refractivity contribution in [2.75, 3.05) is 11.9 Å². The number of aromatic nitrogens is 2. The zero-order chi connectivity index (χ0) is 13.9. The molecule has 1 aliphatic rings. The molecule has 4 nitrogen and oxygen atoms in total. The van der Waals surface area contributed by atoms with E-state index < -0.39 is 0 Å². The van der Waals surface area contributed by atoms with Gasteiger partial charge in [-0.3, -0.25) is 4.79 Å². The molecule has 19 heavy (non-hydrogen) atoms. The highest BCUT2D eigenvalue weighted by Gasteiger charge is 2.31. The molecular formula is C14H22ClN3O. The summed E-state index contributed by atoms with van der Waals surface area (Å²) in [6.45, 7) is 5.83. The number of hydrogen-bond acceptors (Lipinski definition) is 3. The summed E-state index contributed by atoms with van der Waals surface area (Å²) in [6, 6.07) is 0. The Morgan fingerprint density at radius 1 is 1.53 bits per heavy atom. The summed E-state index contributed by atoms with van der Waals surface area (Å²) in [6.07, 6.45) is 7.40. The van der Waals surface area contributed by atoms with Gasteiger partial charge in [0.15, 0.2) is 0 Å². The fourth-order valence-corrected chi connectivity index (χ4v) is 2.53. The van der Waals surface area contributed by atoms with Gasteiger partial charge >= 0.3 is 0 Å². The lowest BCUT2D eigenvalue weighted by atomic mass is 9.70. The number of halogens is 1. The second-order valence-corrected chi connectivity index (χ2v) is 6.15. The molecule has 1 heterocycles. The van der Waals surface area contributed by atoms with Crippen molar-refractivity contribution in [3.63, 3.8) is 0 Å². The van der Waals surface area contributed by atoms with E-state index in [9.17, 15) is 4.79 Å². The smallest absolute Gasteiger partial charge is 0.287 e. The highest BCUT2D eigenvalue weighted by atomic mass is 35.5. The maximum Gasteiger partial charge on any atom is 0.287 e. The fraction of sp³-hybridized carbons (Fsp3) is 0.714. The van der Waals surface area contributed by atoms with Gasteiger partial charge in [-0.15, -0.1) is 0 Å². The third-order valence-electron chi connectivity index (χ3n) is 3.97. The van der Waals surface area contributed by atoms with Gasteiger partial charge in [-0.1, -0.05) is 38.3 Å². The van der Waals surface area contributed by atoms with Crippen molar-refractivity contribution in [1.29, 1.82) is 0 Å². The van der Waals surface area contributed by atoms with Gasteiger partial charge in [-0.2, -0.15) is 5.10 Å². The first-order valence-corrected chi connectivity index (χ1v) is 7.43. The lowest BCUT2D eigenvalue weighted by Crippen LogP contribution is -2.34. The predicted octanol–water partition coefficient (Wildman–Crippen LogP) is 3.30. The first-order valence-electron chi connectivity index (χ1n) is 7.05. The third kappa shape index (κ3) is 3.30. The van der Waals surface area contributed by atoms with Gasteiger partial charge < -0.3 is 5.32 Å². The van der Waals surface area contributed by atoms with Crippen molar-refractivity contribution in [2.24, 2.45) is 5.41 Å². The molecule has 0 atom stereocenters. The highest BCUT2D eigenvalue weighted by Crippen LogP contribution is 2.40. The van der Waals surface area contributed by atoms with E-state index in [0.717, 1.165) is 19.4 Å². The molecule has 2 rings (SSSR count). The van der Waals surface area contributed by atoms with Crippen molar-refractivity contribution >= 4 is 17.3 Å². The van der Waals surface area contributed by atoms with Gasteiger partial charge in [-0.05, 0) is 24.7 Å². The molecule has 1 fully saturated rings. The van der Waals surface area contributed by atoms with Crippen molar-refractivity contribution in [2.45, 2.75) is 52.5 Å². The molecule has 1 aliphatic carbocycles. The molecule has 0 saturated heterocycles. The summed E-state index contributed by atoms with van der Waals surface area (Å²) in [4.78, 5) is 12.0. The summed E-state index contributed by atoms with van der Waals surface area (Å²) in [5.74, 6) is 0. The largest absolute Gasteiger partial charge is 0.382 e. The molecule has 0 radical (unpaired) electrons. The summed E-state index contributed by atoms with van der Waals surface area (Å²) in [5, 5.41) is 7.71. The molecule has 0 aromatic carbocycles. The number of anilines is 1. The van der Waals surface area contributed by atoms with Crippen LogP contribution in [0.4, 0.5) is 5.69 Å². The first-order chi connectivity index (χ1) is 9.06. The normalized spacial score (nSPS) is 17.0. The maximum absolute atomic E-state index is 12.0. The van der Waals surface area contributed by atoms with Gasteiger partial charge in [0.25, 0.3) is 5.56 Å². The minimum Gasteiger partial charge on any atom is -0.382 e. The van der Waals surface area contributed by atoms with Crippen molar-refractivity contribution < 1.29 is 0 Å². The van der Waals surface area contributed by atoms with Crippen molar-refractivity contribution in [3.05, 3.63) is 21.6 Å². The van der Waals surface area contributed by atoms with Crippen LogP contribution in [-0.4, -0.2) is 16.3 Å². The van der Waals surface area contributed by atoms with Crippen LogP contribution >= 0.6 is 11.6 Å². The Kier molecular flexibility index (Phi) is 4.50. The number of rotatable bonds is 6. The topological polar surface area (TPSA) is 46.9 Å². The highest BCUT2D eigenvalue weighted by molar-refractivity contribution is 6.32. The summed E-state index contributed by atoms with van der Waals surface area (Å²) in [7, 11) is 0. The van der Waals surface area contributed by atoms with Crippen LogP contribution in [0.1, 0.15) is 46.0 Å². The standard InChI is InChI=1S/C14H22ClN3O/c1-3-4-8-18-13(19)12(15)11(9-17-18)16-10-14(2)6-5-7-14/h9,16H,3-8,10H2,1-2H3. The van der Waals surface area contributed by atoms with Crippen molar-refractivity contribution in [3.8, 4) is 0 Å². The van der Waals surface area contributed by atoms with Crippen LogP contribution in [-0.2, 0) is 6.54 Å². The number of aryl methyl sites for hydroxylation is 1. The van der Waals surface area contributed by atoms with Crippen LogP contribution in [0.3, 0.4) is 0 Å². The van der Waals surface area contributed by atoms with E-state index in [1.165, 1.54) is 23.9 Å². The third-order valence-corrected chi connectivity index (χ3v) is 4.34. The molecule has 1 N–H and O–H groups in total. The monoisotopic (exact) mass is 283 g/mol. The first kappa shape index (κ1) is 14.4. The van der Waals surface area contributed by atoms with E-state index in [4.69, 9.17) is 11.6 Å². The van der Waals surface area contributed by atoms with Crippen LogP contribution in [0.2, 0.25) is 5.02 Å². The van der Waals surface area contributed by atoms with E-state index in [2.05, 4.69) is 24.3 Å². The second kappa shape index (κ2) is 5.95. The van der Waals surface area contributed by atoms with Gasteiger partial charge in [0.2, 0.25) is 0 Å². The molecule has 0 unspecified atom stereocenters. The van der Waals surface area contributed by atoms with E-state index in [1.54, 1.807) is 6.20 Å². The van der Waals surface area contributed by atoms with Gasteiger partial charge in [0.05, 0.1) is 11.9 Å². The summed E-state index contributed by atoms with van der Waals surface area (Å²) < 4.78 is 1.45. The maximum atomic E-state index is 12.0. The van der Waals surface area contributed by atoms with Gasteiger partial charge in [-0.25, -0.2) is 4.68 Å². The molecule has 106 valence electrons. The molecule has 0 amide bonds. The molecule has 0 spiro atoms. The minimum absolute atomic E-state index is 0.195. The number of unbranched alkanes of at least 4 members (excludes halogenated alkanes) is 1. The Morgan fingerprint density at radius 2 is 2.26 bits per heavy atom. The average molecular weight is 284 g/mol. The van der Waals surface area contributed by atoms with Gasteiger partial charge in [0.1, 0.15) is 5.02 Å². The Balaban J connectivity index is 2.05. The van der Waals surface area contributed by atoms with Crippen LogP contribution < -0.4 is 10.9 Å². The Bertz CT molecular complexity index is 494. The second-order valence-electron chi connectivity index (χ2n) is 5.77. The zero-order valence-corrected chi connectivity index (χ0v) is 12.5. The Morgan fingerprint density at radius 3 is 2.84 bits per heavy atom.